The Labute approximate surface area is 116 Å². The van der Waals surface area contributed by atoms with Crippen molar-refractivity contribution in [2.24, 2.45) is 0 Å². The topological polar surface area (TPSA) is 66.6 Å². The molecule has 5 nitrogen and oxygen atoms in total. The lowest BCUT2D eigenvalue weighted by Crippen LogP contribution is -2.36. The first-order valence-corrected chi connectivity index (χ1v) is 7.90. The van der Waals surface area contributed by atoms with Gasteiger partial charge >= 0.3 is 0 Å². The van der Waals surface area contributed by atoms with Crippen molar-refractivity contribution in [2.75, 3.05) is 39.0 Å². The number of benzene rings is 1. The zero-order valence-electron chi connectivity index (χ0n) is 11.8. The molecule has 0 aliphatic heterocycles. The molecule has 108 valence electrons. The van der Waals surface area contributed by atoms with Crippen LogP contribution < -0.4 is 5.73 Å². The molecule has 19 heavy (non-hydrogen) atoms. The van der Waals surface area contributed by atoms with Gasteiger partial charge in [0.15, 0.2) is 0 Å². The molecular formula is C13H23N3O2S. The summed E-state index contributed by atoms with van der Waals surface area (Å²) < 4.78 is 26.0. The first-order valence-electron chi connectivity index (χ1n) is 6.46. The van der Waals surface area contributed by atoms with Gasteiger partial charge in [-0.05, 0) is 37.4 Å². The smallest absolute Gasteiger partial charge is 0.242 e. The number of rotatable bonds is 7. The van der Waals surface area contributed by atoms with Gasteiger partial charge in [-0.1, -0.05) is 13.8 Å². The highest BCUT2D eigenvalue weighted by Gasteiger charge is 2.20. The molecule has 0 aromatic heterocycles. The molecule has 0 radical (unpaired) electrons. The van der Waals surface area contributed by atoms with E-state index in [9.17, 15) is 8.42 Å². The monoisotopic (exact) mass is 285 g/mol. The summed E-state index contributed by atoms with van der Waals surface area (Å²) >= 11 is 0. The van der Waals surface area contributed by atoms with Crippen LogP contribution >= 0.6 is 0 Å². The number of nitrogens with zero attached hydrogens (tertiary/aromatic N) is 2. The molecule has 0 atom stereocenters. The predicted molar refractivity (Wildman–Crippen MR) is 78.5 cm³/mol. The molecule has 0 unspecified atom stereocenters. The van der Waals surface area contributed by atoms with Crippen molar-refractivity contribution in [1.29, 1.82) is 0 Å². The highest BCUT2D eigenvalue weighted by molar-refractivity contribution is 7.89. The molecule has 0 bridgehead atoms. The third-order valence-corrected chi connectivity index (χ3v) is 5.08. The van der Waals surface area contributed by atoms with E-state index in [0.717, 1.165) is 19.6 Å². The van der Waals surface area contributed by atoms with Gasteiger partial charge in [0.05, 0.1) is 4.90 Å². The van der Waals surface area contributed by atoms with E-state index in [1.165, 1.54) is 4.31 Å². The Morgan fingerprint density at radius 3 is 2.05 bits per heavy atom. The normalized spacial score (nSPS) is 12.3. The van der Waals surface area contributed by atoms with Gasteiger partial charge in [0.2, 0.25) is 10.0 Å². The van der Waals surface area contributed by atoms with Gasteiger partial charge in [-0.25, -0.2) is 8.42 Å². The Morgan fingerprint density at radius 1 is 1.05 bits per heavy atom. The summed E-state index contributed by atoms with van der Waals surface area (Å²) in [5.41, 5.74) is 6.13. The van der Waals surface area contributed by atoms with E-state index in [1.54, 1.807) is 31.3 Å². The number of hydrogen-bond acceptors (Lipinski definition) is 4. The fourth-order valence-corrected chi connectivity index (χ4v) is 2.92. The number of nitrogen functional groups attached to an aromatic ring is 1. The summed E-state index contributed by atoms with van der Waals surface area (Å²) in [5.74, 6) is 0. The molecule has 0 aliphatic carbocycles. The Hall–Kier alpha value is -1.11. The lowest BCUT2D eigenvalue weighted by atomic mass is 10.3. The van der Waals surface area contributed by atoms with Crippen LogP contribution in [0.4, 0.5) is 5.69 Å². The summed E-state index contributed by atoms with van der Waals surface area (Å²) in [5, 5.41) is 0. The minimum Gasteiger partial charge on any atom is -0.399 e. The highest BCUT2D eigenvalue weighted by atomic mass is 32.2. The lowest BCUT2D eigenvalue weighted by molar-refractivity contribution is 0.282. The minimum absolute atomic E-state index is 0.281. The third-order valence-electron chi connectivity index (χ3n) is 3.21. The molecule has 1 rings (SSSR count). The van der Waals surface area contributed by atoms with Gasteiger partial charge in [0.25, 0.3) is 0 Å². The maximum atomic E-state index is 12.3. The second-order valence-corrected chi connectivity index (χ2v) is 6.47. The summed E-state index contributed by atoms with van der Waals surface area (Å²) in [6.45, 7) is 7.19. The molecule has 0 fully saturated rings. The second-order valence-electron chi connectivity index (χ2n) is 4.42. The van der Waals surface area contributed by atoms with Gasteiger partial charge in [0, 0.05) is 25.8 Å². The molecule has 1 aromatic rings. The van der Waals surface area contributed by atoms with Crippen LogP contribution in [0, 0.1) is 0 Å². The van der Waals surface area contributed by atoms with Gasteiger partial charge in [-0.2, -0.15) is 4.31 Å². The van der Waals surface area contributed by atoms with Crippen molar-refractivity contribution in [3.05, 3.63) is 24.3 Å². The molecule has 0 spiro atoms. The van der Waals surface area contributed by atoms with Crippen molar-refractivity contribution in [1.82, 2.24) is 9.21 Å². The number of hydrogen-bond donors (Lipinski definition) is 1. The average molecular weight is 285 g/mol. The zero-order valence-corrected chi connectivity index (χ0v) is 12.7. The van der Waals surface area contributed by atoms with Gasteiger partial charge in [-0.15, -0.1) is 0 Å². The SMILES string of the molecule is CCN(CC)CCN(C)S(=O)(=O)c1ccc(N)cc1. The van der Waals surface area contributed by atoms with E-state index in [1.807, 2.05) is 0 Å². The quantitative estimate of drug-likeness (QED) is 0.765. The Bertz CT molecular complexity index is 481. The van der Waals surface area contributed by atoms with Crippen molar-refractivity contribution in [3.8, 4) is 0 Å². The van der Waals surface area contributed by atoms with Crippen molar-refractivity contribution < 1.29 is 8.42 Å². The van der Waals surface area contributed by atoms with E-state index in [4.69, 9.17) is 5.73 Å². The van der Waals surface area contributed by atoms with Crippen molar-refractivity contribution in [2.45, 2.75) is 18.7 Å². The summed E-state index contributed by atoms with van der Waals surface area (Å²) in [6.07, 6.45) is 0. The standard InChI is InChI=1S/C13H23N3O2S/c1-4-16(5-2)11-10-15(3)19(17,18)13-8-6-12(14)7-9-13/h6-9H,4-5,10-11,14H2,1-3H3. The van der Waals surface area contributed by atoms with Crippen LogP contribution in [-0.4, -0.2) is 50.8 Å². The Kier molecular flexibility index (Phi) is 5.78. The summed E-state index contributed by atoms with van der Waals surface area (Å²) in [6, 6.07) is 6.29. The third kappa shape index (κ3) is 4.19. The molecule has 6 heteroatoms. The van der Waals surface area contributed by atoms with E-state index >= 15 is 0 Å². The van der Waals surface area contributed by atoms with E-state index in [0.29, 0.717) is 12.2 Å². The first kappa shape index (κ1) is 15.9. The maximum Gasteiger partial charge on any atom is 0.242 e. The van der Waals surface area contributed by atoms with Crippen molar-refractivity contribution in [3.63, 3.8) is 0 Å². The van der Waals surface area contributed by atoms with E-state index < -0.39 is 10.0 Å². The molecule has 2 N–H and O–H groups in total. The van der Waals surface area contributed by atoms with Crippen LogP contribution in [0.25, 0.3) is 0 Å². The number of anilines is 1. The van der Waals surface area contributed by atoms with E-state index in [2.05, 4.69) is 18.7 Å². The second kappa shape index (κ2) is 6.88. The van der Waals surface area contributed by atoms with Gasteiger partial charge in [-0.3, -0.25) is 0 Å². The molecular weight excluding hydrogens is 262 g/mol. The molecule has 0 saturated carbocycles. The van der Waals surface area contributed by atoms with Crippen LogP contribution in [-0.2, 0) is 10.0 Å². The molecule has 0 amide bonds. The maximum absolute atomic E-state index is 12.3. The van der Waals surface area contributed by atoms with E-state index in [-0.39, 0.29) is 4.90 Å². The Morgan fingerprint density at radius 2 is 1.58 bits per heavy atom. The first-order chi connectivity index (χ1) is 8.91. The van der Waals surface area contributed by atoms with Gasteiger partial charge in [0.1, 0.15) is 0 Å². The molecule has 0 heterocycles. The fraction of sp³-hybridized carbons (Fsp3) is 0.538. The zero-order chi connectivity index (χ0) is 14.5. The van der Waals surface area contributed by atoms with Gasteiger partial charge < -0.3 is 10.6 Å². The number of likely N-dealkylation sites (N-methyl/N-ethyl adjacent to an activating group) is 2. The van der Waals surface area contributed by atoms with Crippen molar-refractivity contribution >= 4 is 15.7 Å². The van der Waals surface area contributed by atoms with Crippen LogP contribution in [0.3, 0.4) is 0 Å². The summed E-state index contributed by atoms with van der Waals surface area (Å²) in [7, 11) is -1.81. The number of nitrogens with two attached hydrogens (primary N) is 1. The predicted octanol–water partition coefficient (Wildman–Crippen LogP) is 1.23. The minimum atomic E-state index is -3.42. The van der Waals surface area contributed by atoms with Crippen LogP contribution in [0.1, 0.15) is 13.8 Å². The molecule has 0 aliphatic rings. The fourth-order valence-electron chi connectivity index (χ4n) is 1.76. The number of sulfonamides is 1. The largest absolute Gasteiger partial charge is 0.399 e. The average Bonchev–Trinajstić information content (AvgIpc) is 2.40. The van der Waals surface area contributed by atoms with Crippen LogP contribution in [0.15, 0.2) is 29.2 Å². The molecule has 1 aromatic carbocycles. The Balaban J connectivity index is 2.74. The summed E-state index contributed by atoms with van der Waals surface area (Å²) in [4.78, 5) is 2.47. The lowest BCUT2D eigenvalue weighted by Gasteiger charge is -2.22. The molecule has 0 saturated heterocycles. The van der Waals surface area contributed by atoms with Crippen LogP contribution in [0.5, 0.6) is 0 Å². The van der Waals surface area contributed by atoms with Crippen LogP contribution in [0.2, 0.25) is 0 Å². The highest BCUT2D eigenvalue weighted by Crippen LogP contribution is 2.15.